The van der Waals surface area contributed by atoms with E-state index in [1.54, 1.807) is 0 Å². The maximum Gasteiger partial charge on any atom is 0.325 e. The molecular formula is C15H30N2O2. The van der Waals surface area contributed by atoms with Crippen LogP contribution in [0.3, 0.4) is 0 Å². The minimum absolute atomic E-state index is 0.170. The van der Waals surface area contributed by atoms with Crippen LogP contribution in [0.15, 0.2) is 0 Å². The van der Waals surface area contributed by atoms with Gasteiger partial charge in [0.15, 0.2) is 0 Å². The molecule has 1 aliphatic rings. The summed E-state index contributed by atoms with van der Waals surface area (Å²) in [6.45, 7) is 7.58. The molecule has 0 aromatic rings. The Balaban J connectivity index is 2.46. The van der Waals surface area contributed by atoms with Gasteiger partial charge >= 0.3 is 5.97 Å². The lowest BCUT2D eigenvalue weighted by Crippen LogP contribution is -2.49. The van der Waals surface area contributed by atoms with E-state index in [1.807, 2.05) is 14.0 Å². The first-order valence-corrected chi connectivity index (χ1v) is 7.51. The third-order valence-corrected chi connectivity index (χ3v) is 4.70. The lowest BCUT2D eigenvalue weighted by molar-refractivity contribution is -0.148. The van der Waals surface area contributed by atoms with E-state index in [2.05, 4.69) is 24.1 Å². The van der Waals surface area contributed by atoms with Crippen LogP contribution in [0.5, 0.6) is 0 Å². The van der Waals surface area contributed by atoms with E-state index in [0.717, 1.165) is 25.4 Å². The zero-order chi connectivity index (χ0) is 14.5. The Morgan fingerprint density at radius 2 is 2.16 bits per heavy atom. The lowest BCUT2D eigenvalue weighted by atomic mass is 9.96. The average Bonchev–Trinajstić information content (AvgIpc) is 2.78. The van der Waals surface area contributed by atoms with Crippen molar-refractivity contribution in [1.29, 1.82) is 0 Å². The fourth-order valence-corrected chi connectivity index (χ4v) is 3.14. The number of methoxy groups -OCH3 is 1. The Morgan fingerprint density at radius 3 is 2.68 bits per heavy atom. The van der Waals surface area contributed by atoms with Gasteiger partial charge in [-0.2, -0.15) is 0 Å². The molecule has 3 unspecified atom stereocenters. The van der Waals surface area contributed by atoms with Crippen molar-refractivity contribution < 1.29 is 9.53 Å². The zero-order valence-corrected chi connectivity index (χ0v) is 13.2. The lowest BCUT2D eigenvalue weighted by Gasteiger charge is -2.30. The second kappa shape index (κ2) is 7.25. The standard InChI is InChI=1S/C15H30N2O2/c1-6-13-9-8-12(2)17(13)11-7-10-15(3,16-4)14(18)19-5/h12-13,16H,6-11H2,1-5H3. The van der Waals surface area contributed by atoms with Gasteiger partial charge in [0, 0.05) is 12.1 Å². The van der Waals surface area contributed by atoms with Crippen LogP contribution >= 0.6 is 0 Å². The van der Waals surface area contributed by atoms with Crippen molar-refractivity contribution in [1.82, 2.24) is 10.2 Å². The van der Waals surface area contributed by atoms with Gasteiger partial charge in [0.1, 0.15) is 5.54 Å². The van der Waals surface area contributed by atoms with Crippen LogP contribution in [0.4, 0.5) is 0 Å². The molecule has 1 aliphatic heterocycles. The number of rotatable bonds is 7. The Kier molecular flexibility index (Phi) is 6.27. The summed E-state index contributed by atoms with van der Waals surface area (Å²) in [5.74, 6) is -0.170. The molecule has 1 saturated heterocycles. The number of nitrogens with one attached hydrogen (secondary N) is 1. The van der Waals surface area contributed by atoms with E-state index in [0.29, 0.717) is 6.04 Å². The predicted octanol–water partition coefficient (Wildman–Crippen LogP) is 2.18. The van der Waals surface area contributed by atoms with Gasteiger partial charge in [-0.05, 0) is 59.5 Å². The largest absolute Gasteiger partial charge is 0.468 e. The molecule has 4 heteroatoms. The Morgan fingerprint density at radius 1 is 1.47 bits per heavy atom. The molecule has 19 heavy (non-hydrogen) atoms. The highest BCUT2D eigenvalue weighted by Crippen LogP contribution is 2.26. The van der Waals surface area contributed by atoms with Gasteiger partial charge in [0.05, 0.1) is 7.11 Å². The van der Waals surface area contributed by atoms with Gasteiger partial charge in [0.2, 0.25) is 0 Å². The van der Waals surface area contributed by atoms with Crippen molar-refractivity contribution in [3.63, 3.8) is 0 Å². The predicted molar refractivity (Wildman–Crippen MR) is 78.2 cm³/mol. The maximum absolute atomic E-state index is 11.8. The monoisotopic (exact) mass is 270 g/mol. The van der Waals surface area contributed by atoms with E-state index in [1.165, 1.54) is 26.4 Å². The zero-order valence-electron chi connectivity index (χ0n) is 13.2. The molecule has 3 atom stereocenters. The summed E-state index contributed by atoms with van der Waals surface area (Å²) in [5.41, 5.74) is -0.556. The molecule has 1 rings (SSSR count). The van der Waals surface area contributed by atoms with Gasteiger partial charge in [-0.15, -0.1) is 0 Å². The van der Waals surface area contributed by atoms with Crippen molar-refractivity contribution in [3.05, 3.63) is 0 Å². The maximum atomic E-state index is 11.8. The van der Waals surface area contributed by atoms with Crippen molar-refractivity contribution >= 4 is 5.97 Å². The molecule has 1 fully saturated rings. The molecule has 0 bridgehead atoms. The van der Waals surface area contributed by atoms with E-state index in [4.69, 9.17) is 4.74 Å². The summed E-state index contributed by atoms with van der Waals surface area (Å²) in [6.07, 6.45) is 5.69. The number of nitrogens with zero attached hydrogens (tertiary/aromatic N) is 1. The van der Waals surface area contributed by atoms with Crippen molar-refractivity contribution in [3.8, 4) is 0 Å². The number of carbonyl (C=O) groups is 1. The normalized spacial score (nSPS) is 27.2. The van der Waals surface area contributed by atoms with Crippen LogP contribution in [0, 0.1) is 0 Å². The van der Waals surface area contributed by atoms with Crippen LogP contribution < -0.4 is 5.32 Å². The summed E-state index contributed by atoms with van der Waals surface area (Å²) in [5, 5.41) is 3.10. The summed E-state index contributed by atoms with van der Waals surface area (Å²) in [7, 11) is 3.28. The first-order chi connectivity index (χ1) is 8.98. The minimum atomic E-state index is -0.556. The van der Waals surface area contributed by atoms with Gasteiger partial charge in [-0.1, -0.05) is 6.92 Å². The van der Waals surface area contributed by atoms with Gasteiger partial charge in [-0.3, -0.25) is 9.69 Å². The van der Waals surface area contributed by atoms with Gasteiger partial charge in [-0.25, -0.2) is 0 Å². The number of hydrogen-bond acceptors (Lipinski definition) is 4. The highest BCUT2D eigenvalue weighted by atomic mass is 16.5. The molecule has 0 amide bonds. The van der Waals surface area contributed by atoms with Crippen molar-refractivity contribution in [2.24, 2.45) is 0 Å². The third kappa shape index (κ3) is 3.93. The third-order valence-electron chi connectivity index (χ3n) is 4.70. The number of ether oxygens (including phenoxy) is 1. The fourth-order valence-electron chi connectivity index (χ4n) is 3.14. The molecule has 0 spiro atoms. The second-order valence-corrected chi connectivity index (χ2v) is 5.90. The fraction of sp³-hybridized carbons (Fsp3) is 0.933. The highest BCUT2D eigenvalue weighted by Gasteiger charge is 2.33. The van der Waals surface area contributed by atoms with Crippen LogP contribution in [0.1, 0.15) is 52.9 Å². The van der Waals surface area contributed by atoms with E-state index in [9.17, 15) is 4.79 Å². The molecule has 0 radical (unpaired) electrons. The molecule has 0 aliphatic carbocycles. The minimum Gasteiger partial charge on any atom is -0.468 e. The van der Waals surface area contributed by atoms with Crippen LogP contribution in [-0.4, -0.2) is 49.2 Å². The molecule has 1 N–H and O–H groups in total. The molecule has 1 heterocycles. The van der Waals surface area contributed by atoms with Gasteiger partial charge < -0.3 is 10.1 Å². The molecular weight excluding hydrogens is 240 g/mol. The number of carbonyl (C=O) groups excluding carboxylic acids is 1. The molecule has 0 saturated carbocycles. The molecule has 112 valence electrons. The summed E-state index contributed by atoms with van der Waals surface area (Å²) in [4.78, 5) is 14.4. The first kappa shape index (κ1) is 16.4. The number of esters is 1. The summed E-state index contributed by atoms with van der Waals surface area (Å²) in [6, 6.07) is 1.41. The Bertz CT molecular complexity index is 296. The van der Waals surface area contributed by atoms with Crippen LogP contribution in [-0.2, 0) is 9.53 Å². The smallest absolute Gasteiger partial charge is 0.325 e. The number of hydrogen-bond donors (Lipinski definition) is 1. The first-order valence-electron chi connectivity index (χ1n) is 7.51. The van der Waals surface area contributed by atoms with Crippen molar-refractivity contribution in [2.45, 2.75) is 70.5 Å². The number of likely N-dealkylation sites (N-methyl/N-ethyl adjacent to an activating group) is 1. The Labute approximate surface area is 117 Å². The molecule has 0 aromatic carbocycles. The Hall–Kier alpha value is -0.610. The van der Waals surface area contributed by atoms with Crippen LogP contribution in [0.25, 0.3) is 0 Å². The van der Waals surface area contributed by atoms with Crippen LogP contribution in [0.2, 0.25) is 0 Å². The SMILES string of the molecule is CCC1CCC(C)N1CCCC(C)(NC)C(=O)OC. The molecule has 0 aromatic heterocycles. The number of likely N-dealkylation sites (tertiary alicyclic amines) is 1. The van der Waals surface area contributed by atoms with E-state index >= 15 is 0 Å². The van der Waals surface area contributed by atoms with Gasteiger partial charge in [0.25, 0.3) is 0 Å². The summed E-state index contributed by atoms with van der Waals surface area (Å²) >= 11 is 0. The second-order valence-electron chi connectivity index (χ2n) is 5.90. The van der Waals surface area contributed by atoms with E-state index < -0.39 is 5.54 Å². The highest BCUT2D eigenvalue weighted by molar-refractivity contribution is 5.80. The van der Waals surface area contributed by atoms with E-state index in [-0.39, 0.29) is 5.97 Å². The average molecular weight is 270 g/mol. The quantitative estimate of drug-likeness (QED) is 0.720. The summed E-state index contributed by atoms with van der Waals surface area (Å²) < 4.78 is 4.88. The van der Waals surface area contributed by atoms with Crippen molar-refractivity contribution in [2.75, 3.05) is 20.7 Å². The molecule has 4 nitrogen and oxygen atoms in total. The topological polar surface area (TPSA) is 41.6 Å².